The quantitative estimate of drug-likeness (QED) is 0.765. The number of carboxylic acids is 1. The lowest BCUT2D eigenvalue weighted by atomic mass is 10.2. The third-order valence-corrected chi connectivity index (χ3v) is 2.26. The Morgan fingerprint density at radius 2 is 2.16 bits per heavy atom. The zero-order chi connectivity index (χ0) is 14.4. The molecule has 104 valence electrons. The number of methoxy groups -OCH3 is 1. The molecule has 1 heterocycles. The Hall–Kier alpha value is -2.09. The fourth-order valence-corrected chi connectivity index (χ4v) is 1.37. The van der Waals surface area contributed by atoms with Crippen LogP contribution in [0.15, 0.2) is 12.3 Å². The van der Waals surface area contributed by atoms with Crippen molar-refractivity contribution in [1.82, 2.24) is 9.88 Å². The van der Waals surface area contributed by atoms with Gasteiger partial charge in [-0.2, -0.15) is 4.39 Å². The summed E-state index contributed by atoms with van der Waals surface area (Å²) in [7, 11) is 1.37. The number of ether oxygens (including phenoxy) is 1. The number of pyridine rings is 1. The molecule has 0 saturated heterocycles. The van der Waals surface area contributed by atoms with E-state index in [0.29, 0.717) is 0 Å². The van der Waals surface area contributed by atoms with E-state index in [1.54, 1.807) is 0 Å². The van der Waals surface area contributed by atoms with Gasteiger partial charge in [-0.1, -0.05) is 0 Å². The van der Waals surface area contributed by atoms with Gasteiger partial charge < -0.3 is 14.7 Å². The van der Waals surface area contributed by atoms with Crippen LogP contribution >= 0.6 is 0 Å². The van der Waals surface area contributed by atoms with E-state index in [2.05, 4.69) is 4.98 Å². The number of carbonyl (C=O) groups is 2. The molecule has 1 aromatic rings. The topological polar surface area (TPSA) is 79.7 Å². The number of carbonyl (C=O) groups excluding carboxylic acids is 1. The van der Waals surface area contributed by atoms with Crippen LogP contribution in [-0.2, 0) is 9.53 Å². The molecule has 0 unspecified atom stereocenters. The largest absolute Gasteiger partial charge is 0.480 e. The summed E-state index contributed by atoms with van der Waals surface area (Å²) in [5.41, 5.74) is -0.565. The zero-order valence-electron chi connectivity index (χ0n) is 10.1. The van der Waals surface area contributed by atoms with E-state index in [9.17, 15) is 18.4 Å². The Morgan fingerprint density at radius 1 is 1.47 bits per heavy atom. The van der Waals surface area contributed by atoms with Crippen LogP contribution in [0.3, 0.4) is 0 Å². The number of aliphatic carboxylic acids is 1. The minimum absolute atomic E-state index is 0.0506. The number of amides is 1. The Bertz CT molecular complexity index is 482. The van der Waals surface area contributed by atoms with Crippen LogP contribution in [0.25, 0.3) is 0 Å². The SMILES string of the molecule is COCCN(CC(=O)O)C(=O)c1ccnc(F)c1F. The molecule has 6 nitrogen and oxygen atoms in total. The van der Waals surface area contributed by atoms with Crippen molar-refractivity contribution in [2.24, 2.45) is 0 Å². The number of nitrogens with zero attached hydrogens (tertiary/aromatic N) is 2. The highest BCUT2D eigenvalue weighted by Gasteiger charge is 2.23. The van der Waals surface area contributed by atoms with Gasteiger partial charge in [-0.25, -0.2) is 9.37 Å². The lowest BCUT2D eigenvalue weighted by molar-refractivity contribution is -0.137. The molecule has 0 saturated carbocycles. The second kappa shape index (κ2) is 6.74. The molecule has 19 heavy (non-hydrogen) atoms. The molecule has 8 heteroatoms. The van der Waals surface area contributed by atoms with Crippen LogP contribution in [0, 0.1) is 11.8 Å². The summed E-state index contributed by atoms with van der Waals surface area (Å²) in [6.07, 6.45) is 0.931. The van der Waals surface area contributed by atoms with Gasteiger partial charge in [0, 0.05) is 19.9 Å². The molecule has 0 fully saturated rings. The standard InChI is InChI=1S/C11H12F2N2O4/c1-19-5-4-15(6-8(16)17)11(18)7-2-3-14-10(13)9(7)12/h2-3H,4-6H2,1H3,(H,16,17). The molecule has 0 spiro atoms. The lowest BCUT2D eigenvalue weighted by Crippen LogP contribution is -2.38. The number of hydrogen-bond donors (Lipinski definition) is 1. The molecule has 0 radical (unpaired) electrons. The normalized spacial score (nSPS) is 10.3. The number of hydrogen-bond acceptors (Lipinski definition) is 4. The maximum Gasteiger partial charge on any atom is 0.323 e. The summed E-state index contributed by atoms with van der Waals surface area (Å²) in [5.74, 6) is -5.01. The maximum absolute atomic E-state index is 13.4. The van der Waals surface area contributed by atoms with Gasteiger partial charge in [0.1, 0.15) is 6.54 Å². The van der Waals surface area contributed by atoms with Crippen LogP contribution in [0.5, 0.6) is 0 Å². The van der Waals surface area contributed by atoms with Crippen molar-refractivity contribution >= 4 is 11.9 Å². The number of carboxylic acid groups (broad SMARTS) is 1. The molecule has 0 aromatic carbocycles. The molecule has 0 aliphatic rings. The molecule has 0 aliphatic heterocycles. The third kappa shape index (κ3) is 3.95. The second-order valence-electron chi connectivity index (χ2n) is 3.58. The summed E-state index contributed by atoms with van der Waals surface area (Å²) in [4.78, 5) is 26.5. The van der Waals surface area contributed by atoms with Gasteiger partial charge in [-0.3, -0.25) is 9.59 Å². The predicted molar refractivity (Wildman–Crippen MR) is 59.6 cm³/mol. The first kappa shape index (κ1) is 15.0. The molecule has 1 aromatic heterocycles. The summed E-state index contributed by atoms with van der Waals surface area (Å²) in [5, 5.41) is 8.69. The molecule has 0 aliphatic carbocycles. The van der Waals surface area contributed by atoms with Crippen molar-refractivity contribution in [3.63, 3.8) is 0 Å². The van der Waals surface area contributed by atoms with Crippen molar-refractivity contribution in [1.29, 1.82) is 0 Å². The Kier molecular flexibility index (Phi) is 5.31. The third-order valence-electron chi connectivity index (χ3n) is 2.26. The van der Waals surface area contributed by atoms with Crippen molar-refractivity contribution in [3.05, 3.63) is 29.6 Å². The van der Waals surface area contributed by atoms with Crippen LogP contribution < -0.4 is 0 Å². The van der Waals surface area contributed by atoms with Gasteiger partial charge in [0.15, 0.2) is 5.82 Å². The lowest BCUT2D eigenvalue weighted by Gasteiger charge is -2.20. The van der Waals surface area contributed by atoms with Gasteiger partial charge >= 0.3 is 5.97 Å². The summed E-state index contributed by atoms with van der Waals surface area (Å²) >= 11 is 0. The highest BCUT2D eigenvalue weighted by Crippen LogP contribution is 2.12. The summed E-state index contributed by atoms with van der Waals surface area (Å²) < 4.78 is 31.1. The fourth-order valence-electron chi connectivity index (χ4n) is 1.37. The van der Waals surface area contributed by atoms with E-state index < -0.39 is 35.7 Å². The number of aromatic nitrogens is 1. The zero-order valence-corrected chi connectivity index (χ0v) is 10.1. The van der Waals surface area contributed by atoms with Crippen molar-refractivity contribution in [2.75, 3.05) is 26.8 Å². The van der Waals surface area contributed by atoms with Gasteiger partial charge in [0.05, 0.1) is 12.2 Å². The Morgan fingerprint density at radius 3 is 2.74 bits per heavy atom. The number of rotatable bonds is 6. The highest BCUT2D eigenvalue weighted by molar-refractivity contribution is 5.96. The first-order valence-corrected chi connectivity index (χ1v) is 5.27. The number of halogens is 2. The smallest absolute Gasteiger partial charge is 0.323 e. The van der Waals surface area contributed by atoms with Crippen LogP contribution in [0.1, 0.15) is 10.4 Å². The molecule has 1 rings (SSSR count). The van der Waals surface area contributed by atoms with E-state index >= 15 is 0 Å². The average molecular weight is 274 g/mol. The fraction of sp³-hybridized carbons (Fsp3) is 0.364. The minimum Gasteiger partial charge on any atom is -0.480 e. The maximum atomic E-state index is 13.4. The first-order chi connectivity index (χ1) is 8.97. The monoisotopic (exact) mass is 274 g/mol. The van der Waals surface area contributed by atoms with Crippen molar-refractivity contribution in [3.8, 4) is 0 Å². The van der Waals surface area contributed by atoms with Gasteiger partial charge in [0.25, 0.3) is 5.91 Å². The van der Waals surface area contributed by atoms with E-state index in [1.165, 1.54) is 7.11 Å². The Balaban J connectivity index is 2.97. The van der Waals surface area contributed by atoms with E-state index in [4.69, 9.17) is 9.84 Å². The predicted octanol–water partition coefficient (Wildman–Crippen LogP) is 0.533. The highest BCUT2D eigenvalue weighted by atomic mass is 19.2. The van der Waals surface area contributed by atoms with Crippen LogP contribution in [0.4, 0.5) is 8.78 Å². The Labute approximate surface area is 107 Å². The molecule has 0 bridgehead atoms. The van der Waals surface area contributed by atoms with E-state index in [0.717, 1.165) is 17.2 Å². The van der Waals surface area contributed by atoms with Crippen LogP contribution in [-0.4, -0.2) is 53.7 Å². The van der Waals surface area contributed by atoms with Crippen molar-refractivity contribution < 1.29 is 28.2 Å². The molecular formula is C11H12F2N2O4. The summed E-state index contributed by atoms with van der Waals surface area (Å²) in [6.45, 7) is -0.606. The average Bonchev–Trinajstić information content (AvgIpc) is 2.36. The van der Waals surface area contributed by atoms with Gasteiger partial charge in [-0.15, -0.1) is 0 Å². The molecule has 0 atom stereocenters. The van der Waals surface area contributed by atoms with E-state index in [-0.39, 0.29) is 13.2 Å². The van der Waals surface area contributed by atoms with Crippen LogP contribution in [0.2, 0.25) is 0 Å². The van der Waals surface area contributed by atoms with Crippen molar-refractivity contribution in [2.45, 2.75) is 0 Å². The van der Waals surface area contributed by atoms with Gasteiger partial charge in [-0.05, 0) is 6.07 Å². The summed E-state index contributed by atoms with van der Waals surface area (Å²) in [6, 6.07) is 0.988. The van der Waals surface area contributed by atoms with Gasteiger partial charge in [0.2, 0.25) is 5.95 Å². The molecular weight excluding hydrogens is 262 g/mol. The molecule has 1 amide bonds. The first-order valence-electron chi connectivity index (χ1n) is 5.27. The van der Waals surface area contributed by atoms with E-state index in [1.807, 2.05) is 0 Å². The minimum atomic E-state index is -1.41. The molecule has 1 N–H and O–H groups in total. The second-order valence-corrected chi connectivity index (χ2v) is 3.58.